The molecule has 0 fully saturated rings. The van der Waals surface area contributed by atoms with Gasteiger partial charge in [-0.3, -0.25) is 4.79 Å². The minimum Gasteiger partial charge on any atom is -0.497 e. The van der Waals surface area contributed by atoms with Gasteiger partial charge < -0.3 is 9.47 Å². The van der Waals surface area contributed by atoms with Crippen LogP contribution in [0.15, 0.2) is 54.6 Å². The summed E-state index contributed by atoms with van der Waals surface area (Å²) in [6.45, 7) is 1.39. The number of benzene rings is 3. The summed E-state index contributed by atoms with van der Waals surface area (Å²) in [5, 5.41) is 1.95. The predicted octanol–water partition coefficient (Wildman–Crippen LogP) is 4.24. The van der Waals surface area contributed by atoms with Crippen molar-refractivity contribution in [1.82, 2.24) is 0 Å². The number of methoxy groups -OCH3 is 1. The first-order valence-electron chi connectivity index (χ1n) is 6.94. The van der Waals surface area contributed by atoms with Crippen LogP contribution in [0.4, 0.5) is 0 Å². The summed E-state index contributed by atoms with van der Waals surface area (Å²) in [6.07, 6.45) is 0. The van der Waals surface area contributed by atoms with E-state index in [1.54, 1.807) is 13.2 Å². The minimum atomic E-state index is -0.323. The smallest absolute Gasteiger partial charge is 0.308 e. The maximum atomic E-state index is 11.0. The van der Waals surface area contributed by atoms with Crippen LogP contribution in [-0.4, -0.2) is 13.1 Å². The summed E-state index contributed by atoms with van der Waals surface area (Å²) in [6, 6.07) is 20.7. The third kappa shape index (κ3) is 2.93. The topological polar surface area (TPSA) is 35.5 Å². The molecule has 3 nitrogen and oxygen atoms in total. The monoisotopic (exact) mass is 291 g/mol. The Bertz CT molecular complexity index is 837. The fraction of sp³-hybridized carbons (Fsp3) is 0.105. The SMILES string of the molecule is COc1cccc(-c2[c]c3ccc(OC(C)=O)cc3cc2)c1. The van der Waals surface area contributed by atoms with Gasteiger partial charge in [-0.2, -0.15) is 0 Å². The summed E-state index contributed by atoms with van der Waals surface area (Å²) in [4.78, 5) is 11.0. The molecule has 3 aromatic rings. The maximum Gasteiger partial charge on any atom is 0.308 e. The molecule has 0 aliphatic rings. The summed E-state index contributed by atoms with van der Waals surface area (Å²) in [7, 11) is 1.65. The normalized spacial score (nSPS) is 10.5. The molecule has 3 rings (SSSR count). The Labute approximate surface area is 129 Å². The molecule has 0 unspecified atom stereocenters. The lowest BCUT2D eigenvalue weighted by Crippen LogP contribution is -2.00. The van der Waals surface area contributed by atoms with Gasteiger partial charge in [0.25, 0.3) is 0 Å². The highest BCUT2D eigenvalue weighted by Gasteiger charge is 2.04. The maximum absolute atomic E-state index is 11.0. The van der Waals surface area contributed by atoms with Crippen molar-refractivity contribution in [2.45, 2.75) is 6.92 Å². The second kappa shape index (κ2) is 5.90. The van der Waals surface area contributed by atoms with Gasteiger partial charge in [-0.05, 0) is 52.2 Å². The van der Waals surface area contributed by atoms with Gasteiger partial charge in [-0.1, -0.05) is 30.3 Å². The first-order chi connectivity index (χ1) is 10.7. The Kier molecular flexibility index (Phi) is 3.79. The van der Waals surface area contributed by atoms with Gasteiger partial charge in [0, 0.05) is 6.92 Å². The van der Waals surface area contributed by atoms with Crippen molar-refractivity contribution in [1.29, 1.82) is 0 Å². The number of rotatable bonds is 3. The summed E-state index contributed by atoms with van der Waals surface area (Å²) in [5.41, 5.74) is 2.04. The van der Waals surface area contributed by atoms with E-state index in [9.17, 15) is 4.79 Å². The van der Waals surface area contributed by atoms with Gasteiger partial charge >= 0.3 is 5.97 Å². The van der Waals surface area contributed by atoms with Gasteiger partial charge in [0.15, 0.2) is 0 Å². The number of hydrogen-bond donors (Lipinski definition) is 0. The van der Waals surface area contributed by atoms with Gasteiger partial charge in [-0.25, -0.2) is 0 Å². The van der Waals surface area contributed by atoms with E-state index in [0.717, 1.165) is 27.6 Å². The number of fused-ring (bicyclic) bond motifs is 1. The molecule has 0 aromatic heterocycles. The zero-order valence-electron chi connectivity index (χ0n) is 12.4. The predicted molar refractivity (Wildman–Crippen MR) is 86.1 cm³/mol. The van der Waals surface area contributed by atoms with Crippen molar-refractivity contribution in [2.24, 2.45) is 0 Å². The molecule has 0 saturated carbocycles. The van der Waals surface area contributed by atoms with E-state index < -0.39 is 0 Å². The molecule has 0 atom stereocenters. The Balaban J connectivity index is 2.00. The van der Waals surface area contributed by atoms with Crippen LogP contribution in [0, 0.1) is 6.07 Å². The molecule has 1 radical (unpaired) electrons. The van der Waals surface area contributed by atoms with Crippen LogP contribution in [0.25, 0.3) is 21.9 Å². The highest BCUT2D eigenvalue weighted by Crippen LogP contribution is 2.28. The average molecular weight is 291 g/mol. The molecule has 109 valence electrons. The molecule has 3 aromatic carbocycles. The van der Waals surface area contributed by atoms with Crippen molar-refractivity contribution in [3.05, 3.63) is 60.7 Å². The van der Waals surface area contributed by atoms with Crippen LogP contribution in [0.1, 0.15) is 6.92 Å². The number of carbonyl (C=O) groups is 1. The van der Waals surface area contributed by atoms with Gasteiger partial charge in [0.1, 0.15) is 11.5 Å². The van der Waals surface area contributed by atoms with E-state index in [4.69, 9.17) is 9.47 Å². The molecule has 0 saturated heterocycles. The van der Waals surface area contributed by atoms with Crippen LogP contribution in [0.5, 0.6) is 11.5 Å². The Morgan fingerprint density at radius 2 is 1.86 bits per heavy atom. The van der Waals surface area contributed by atoms with Crippen LogP contribution in [-0.2, 0) is 4.79 Å². The Morgan fingerprint density at radius 1 is 1.00 bits per heavy atom. The number of ether oxygens (including phenoxy) is 2. The largest absolute Gasteiger partial charge is 0.497 e. The van der Waals surface area contributed by atoms with Gasteiger partial charge in [0.05, 0.1) is 7.11 Å². The number of esters is 1. The lowest BCUT2D eigenvalue weighted by Gasteiger charge is -2.07. The summed E-state index contributed by atoms with van der Waals surface area (Å²) in [5.74, 6) is 1.04. The highest BCUT2D eigenvalue weighted by atomic mass is 16.5. The first-order valence-corrected chi connectivity index (χ1v) is 6.94. The van der Waals surface area contributed by atoms with Gasteiger partial charge in [-0.15, -0.1) is 0 Å². The zero-order chi connectivity index (χ0) is 15.5. The van der Waals surface area contributed by atoms with Crippen molar-refractivity contribution in [3.63, 3.8) is 0 Å². The van der Waals surface area contributed by atoms with E-state index in [0.29, 0.717) is 5.75 Å². The summed E-state index contributed by atoms with van der Waals surface area (Å²) < 4.78 is 10.4. The molecule has 0 heterocycles. The summed E-state index contributed by atoms with van der Waals surface area (Å²) >= 11 is 0. The molecule has 0 N–H and O–H groups in total. The van der Waals surface area contributed by atoms with Crippen molar-refractivity contribution in [3.8, 4) is 22.6 Å². The van der Waals surface area contributed by atoms with E-state index in [-0.39, 0.29) is 5.97 Å². The lowest BCUT2D eigenvalue weighted by molar-refractivity contribution is -0.131. The highest BCUT2D eigenvalue weighted by molar-refractivity contribution is 5.88. The quantitative estimate of drug-likeness (QED) is 0.535. The molecule has 22 heavy (non-hydrogen) atoms. The zero-order valence-corrected chi connectivity index (χ0v) is 12.4. The molecule has 0 amide bonds. The molecular formula is C19H15O3. The van der Waals surface area contributed by atoms with E-state index in [2.05, 4.69) is 6.07 Å². The molecule has 0 aliphatic carbocycles. The first kappa shape index (κ1) is 14.1. The van der Waals surface area contributed by atoms with Crippen molar-refractivity contribution >= 4 is 16.7 Å². The van der Waals surface area contributed by atoms with E-state index >= 15 is 0 Å². The molecule has 0 spiro atoms. The molecule has 0 aliphatic heterocycles. The van der Waals surface area contributed by atoms with Gasteiger partial charge in [0.2, 0.25) is 0 Å². The second-order valence-corrected chi connectivity index (χ2v) is 4.95. The third-order valence-electron chi connectivity index (χ3n) is 3.36. The lowest BCUT2D eigenvalue weighted by atomic mass is 10.0. The Hall–Kier alpha value is -2.81. The fourth-order valence-electron chi connectivity index (χ4n) is 2.34. The van der Waals surface area contributed by atoms with Crippen LogP contribution in [0.2, 0.25) is 0 Å². The molecule has 3 heteroatoms. The van der Waals surface area contributed by atoms with Crippen LogP contribution >= 0.6 is 0 Å². The standard InChI is InChI=1S/C19H15O3/c1-13(20)22-19-9-8-16-10-15(6-7-17(16)12-19)14-4-3-5-18(11-14)21-2/h3-9,11-12H,1-2H3. The minimum absolute atomic E-state index is 0.323. The Morgan fingerprint density at radius 3 is 2.64 bits per heavy atom. The van der Waals surface area contributed by atoms with E-state index in [1.807, 2.05) is 48.5 Å². The average Bonchev–Trinajstić information content (AvgIpc) is 2.54. The molecular weight excluding hydrogens is 276 g/mol. The van der Waals surface area contributed by atoms with Crippen LogP contribution in [0.3, 0.4) is 0 Å². The van der Waals surface area contributed by atoms with Crippen molar-refractivity contribution in [2.75, 3.05) is 7.11 Å². The second-order valence-electron chi connectivity index (χ2n) is 4.95. The van der Waals surface area contributed by atoms with E-state index in [1.165, 1.54) is 6.92 Å². The number of hydrogen-bond acceptors (Lipinski definition) is 3. The van der Waals surface area contributed by atoms with Crippen molar-refractivity contribution < 1.29 is 14.3 Å². The fourth-order valence-corrected chi connectivity index (χ4v) is 2.34. The third-order valence-corrected chi connectivity index (χ3v) is 3.36. The number of carbonyl (C=O) groups excluding carboxylic acids is 1. The molecule has 0 bridgehead atoms. The van der Waals surface area contributed by atoms with Crippen LogP contribution < -0.4 is 9.47 Å².